The van der Waals surface area contributed by atoms with E-state index < -0.39 is 5.97 Å². The summed E-state index contributed by atoms with van der Waals surface area (Å²) in [6, 6.07) is 10.5. The third-order valence-corrected chi connectivity index (χ3v) is 4.04. The number of fused-ring (bicyclic) bond motifs is 1. The molecule has 0 aliphatic carbocycles. The van der Waals surface area contributed by atoms with Gasteiger partial charge in [-0.05, 0) is 31.2 Å². The van der Waals surface area contributed by atoms with Gasteiger partial charge in [0, 0.05) is 22.4 Å². The number of hydrogen-bond donors (Lipinski definition) is 1. The molecule has 0 aromatic heterocycles. The van der Waals surface area contributed by atoms with Gasteiger partial charge in [0.1, 0.15) is 0 Å². The minimum atomic E-state index is -0.453. The zero-order chi connectivity index (χ0) is 18.7. The van der Waals surface area contributed by atoms with Gasteiger partial charge >= 0.3 is 5.97 Å². The summed E-state index contributed by atoms with van der Waals surface area (Å²) >= 11 is 0. The van der Waals surface area contributed by atoms with Gasteiger partial charge in [-0.2, -0.15) is 0 Å². The predicted octanol–water partition coefficient (Wildman–Crippen LogP) is 3.37. The first kappa shape index (κ1) is 17.5. The summed E-state index contributed by atoms with van der Waals surface area (Å²) in [5.41, 5.74) is 2.90. The highest BCUT2D eigenvalue weighted by molar-refractivity contribution is 6.35. The SMILES string of the molecule is CCOc1c(C=C2C(=O)Nc3cc(C(=O)OC)ccc32)cccc1OC. The number of benzene rings is 2. The monoisotopic (exact) mass is 353 g/mol. The third-order valence-electron chi connectivity index (χ3n) is 4.04. The Morgan fingerprint density at radius 3 is 2.69 bits per heavy atom. The van der Waals surface area contributed by atoms with Crippen molar-refractivity contribution < 1.29 is 23.8 Å². The number of hydrogen-bond acceptors (Lipinski definition) is 5. The molecular weight excluding hydrogens is 334 g/mol. The summed E-state index contributed by atoms with van der Waals surface area (Å²) < 4.78 is 15.8. The highest BCUT2D eigenvalue weighted by atomic mass is 16.5. The van der Waals surface area contributed by atoms with Crippen molar-refractivity contribution in [1.82, 2.24) is 0 Å². The van der Waals surface area contributed by atoms with E-state index in [1.807, 2.05) is 19.1 Å². The largest absolute Gasteiger partial charge is 0.493 e. The van der Waals surface area contributed by atoms with Crippen molar-refractivity contribution in [3.8, 4) is 11.5 Å². The van der Waals surface area contributed by atoms with Crippen LogP contribution in [0.15, 0.2) is 36.4 Å². The van der Waals surface area contributed by atoms with Crippen LogP contribution < -0.4 is 14.8 Å². The molecule has 26 heavy (non-hydrogen) atoms. The zero-order valence-electron chi connectivity index (χ0n) is 14.8. The maximum Gasteiger partial charge on any atom is 0.337 e. The van der Waals surface area contributed by atoms with Gasteiger partial charge in [0.05, 0.1) is 26.4 Å². The average molecular weight is 353 g/mol. The number of methoxy groups -OCH3 is 2. The van der Waals surface area contributed by atoms with Crippen LogP contribution in [0.1, 0.15) is 28.4 Å². The first-order chi connectivity index (χ1) is 12.6. The van der Waals surface area contributed by atoms with Crippen LogP contribution >= 0.6 is 0 Å². The molecule has 134 valence electrons. The van der Waals surface area contributed by atoms with Gasteiger partial charge in [0.2, 0.25) is 0 Å². The lowest BCUT2D eigenvalue weighted by Gasteiger charge is -2.12. The maximum atomic E-state index is 12.4. The van der Waals surface area contributed by atoms with Crippen molar-refractivity contribution in [3.63, 3.8) is 0 Å². The van der Waals surface area contributed by atoms with E-state index in [2.05, 4.69) is 5.32 Å². The molecule has 1 heterocycles. The Bertz CT molecular complexity index is 901. The molecular formula is C20H19NO5. The van der Waals surface area contributed by atoms with E-state index >= 15 is 0 Å². The number of esters is 1. The van der Waals surface area contributed by atoms with Crippen molar-refractivity contribution in [1.29, 1.82) is 0 Å². The molecule has 1 aliphatic rings. The Labute approximate surface area is 151 Å². The number of rotatable bonds is 5. The number of carbonyl (C=O) groups is 2. The van der Waals surface area contributed by atoms with Crippen LogP contribution in [0.2, 0.25) is 0 Å². The smallest absolute Gasteiger partial charge is 0.337 e. The minimum Gasteiger partial charge on any atom is -0.493 e. The first-order valence-corrected chi connectivity index (χ1v) is 8.14. The fourth-order valence-corrected chi connectivity index (χ4v) is 2.84. The molecule has 1 N–H and O–H groups in total. The Morgan fingerprint density at radius 1 is 1.19 bits per heavy atom. The van der Waals surface area contributed by atoms with E-state index in [1.165, 1.54) is 7.11 Å². The van der Waals surface area contributed by atoms with E-state index in [-0.39, 0.29) is 5.91 Å². The van der Waals surface area contributed by atoms with E-state index in [0.717, 1.165) is 5.56 Å². The normalized spacial score (nSPS) is 14.0. The average Bonchev–Trinajstić information content (AvgIpc) is 2.97. The van der Waals surface area contributed by atoms with Crippen LogP contribution in [0.4, 0.5) is 5.69 Å². The number of ether oxygens (including phenoxy) is 3. The molecule has 2 aromatic carbocycles. The number of anilines is 1. The summed E-state index contributed by atoms with van der Waals surface area (Å²) in [6.07, 6.45) is 1.76. The second kappa shape index (κ2) is 7.31. The standard InChI is InChI=1S/C20H19NO5/c1-4-26-18-12(6-5-7-17(18)24-2)10-15-14-9-8-13(20(23)25-3)11-16(14)21-19(15)22/h5-11H,4H2,1-3H3,(H,21,22). The number of amides is 1. The van der Waals surface area contributed by atoms with Crippen molar-refractivity contribution in [2.45, 2.75) is 6.92 Å². The van der Waals surface area contributed by atoms with Crippen LogP contribution in [0.5, 0.6) is 11.5 Å². The van der Waals surface area contributed by atoms with Crippen LogP contribution in [0.25, 0.3) is 11.6 Å². The Hall–Kier alpha value is -3.28. The molecule has 0 unspecified atom stereocenters. The van der Waals surface area contributed by atoms with Crippen LogP contribution in [0.3, 0.4) is 0 Å². The fraction of sp³-hybridized carbons (Fsp3) is 0.200. The molecule has 3 rings (SSSR count). The van der Waals surface area contributed by atoms with Gasteiger partial charge in [-0.1, -0.05) is 18.2 Å². The van der Waals surface area contributed by atoms with Gasteiger partial charge in [-0.15, -0.1) is 0 Å². The molecule has 0 saturated heterocycles. The second-order valence-corrected chi connectivity index (χ2v) is 5.58. The molecule has 0 bridgehead atoms. The number of carbonyl (C=O) groups excluding carboxylic acids is 2. The predicted molar refractivity (Wildman–Crippen MR) is 98.4 cm³/mol. The lowest BCUT2D eigenvalue weighted by molar-refractivity contribution is -0.110. The molecule has 1 aliphatic heterocycles. The topological polar surface area (TPSA) is 73.9 Å². The van der Waals surface area contributed by atoms with Gasteiger partial charge in [0.25, 0.3) is 5.91 Å². The highest BCUT2D eigenvalue weighted by Crippen LogP contribution is 2.38. The number of nitrogens with one attached hydrogen (secondary N) is 1. The number of para-hydroxylation sites is 1. The van der Waals surface area contributed by atoms with Crippen LogP contribution in [-0.2, 0) is 9.53 Å². The van der Waals surface area contributed by atoms with Crippen LogP contribution in [-0.4, -0.2) is 32.7 Å². The molecule has 6 heteroatoms. The fourth-order valence-electron chi connectivity index (χ4n) is 2.84. The van der Waals surface area contributed by atoms with E-state index in [0.29, 0.717) is 40.5 Å². The third kappa shape index (κ3) is 3.13. The minimum absolute atomic E-state index is 0.243. The summed E-state index contributed by atoms with van der Waals surface area (Å²) in [5.74, 6) is 0.483. The molecule has 1 amide bonds. The van der Waals surface area contributed by atoms with Gasteiger partial charge in [0.15, 0.2) is 11.5 Å². The lowest BCUT2D eigenvalue weighted by Crippen LogP contribution is -2.05. The van der Waals surface area contributed by atoms with Crippen molar-refractivity contribution in [3.05, 3.63) is 53.1 Å². The summed E-state index contributed by atoms with van der Waals surface area (Å²) in [4.78, 5) is 24.1. The van der Waals surface area contributed by atoms with E-state index in [4.69, 9.17) is 14.2 Å². The Kier molecular flexibility index (Phi) is 4.93. The summed E-state index contributed by atoms with van der Waals surface area (Å²) in [6.45, 7) is 2.36. The molecule has 0 spiro atoms. The highest BCUT2D eigenvalue weighted by Gasteiger charge is 2.26. The van der Waals surface area contributed by atoms with Crippen molar-refractivity contribution in [2.24, 2.45) is 0 Å². The Morgan fingerprint density at radius 2 is 2.00 bits per heavy atom. The second-order valence-electron chi connectivity index (χ2n) is 5.58. The summed E-state index contributed by atoms with van der Waals surface area (Å²) in [5, 5.41) is 2.78. The van der Waals surface area contributed by atoms with E-state index in [1.54, 1.807) is 37.5 Å². The van der Waals surface area contributed by atoms with Gasteiger partial charge in [-0.3, -0.25) is 4.79 Å². The quantitative estimate of drug-likeness (QED) is 0.659. The molecule has 0 radical (unpaired) electrons. The lowest BCUT2D eigenvalue weighted by atomic mass is 10.0. The van der Waals surface area contributed by atoms with Gasteiger partial charge < -0.3 is 19.5 Å². The molecule has 0 atom stereocenters. The molecule has 2 aromatic rings. The molecule has 0 saturated carbocycles. The van der Waals surface area contributed by atoms with Crippen molar-refractivity contribution >= 4 is 29.2 Å². The maximum absolute atomic E-state index is 12.4. The van der Waals surface area contributed by atoms with E-state index in [9.17, 15) is 9.59 Å². The summed E-state index contributed by atoms with van der Waals surface area (Å²) in [7, 11) is 2.89. The zero-order valence-corrected chi connectivity index (χ0v) is 14.8. The van der Waals surface area contributed by atoms with Crippen LogP contribution in [0, 0.1) is 0 Å². The van der Waals surface area contributed by atoms with Crippen molar-refractivity contribution in [2.75, 3.05) is 26.1 Å². The molecule has 0 fully saturated rings. The van der Waals surface area contributed by atoms with Gasteiger partial charge in [-0.25, -0.2) is 4.79 Å². The Balaban J connectivity index is 2.07. The molecule has 6 nitrogen and oxygen atoms in total. The first-order valence-electron chi connectivity index (χ1n) is 8.14.